The van der Waals surface area contributed by atoms with Crippen molar-refractivity contribution in [3.05, 3.63) is 65.2 Å². The van der Waals surface area contributed by atoms with E-state index in [1.807, 2.05) is 30.3 Å². The molecule has 0 N–H and O–H groups in total. The van der Waals surface area contributed by atoms with Gasteiger partial charge in [-0.15, -0.1) is 17.0 Å². The van der Waals surface area contributed by atoms with Crippen molar-refractivity contribution in [1.82, 2.24) is 0 Å². The molecule has 0 aromatic heterocycles. The first-order valence-corrected chi connectivity index (χ1v) is 8.76. The molecule has 0 unspecified atom stereocenters. The molecule has 2 aromatic rings. The molecule has 2 aromatic carbocycles. The minimum Gasteiger partial charge on any atom is -0.322 e. The van der Waals surface area contributed by atoms with E-state index >= 15 is 0 Å². The van der Waals surface area contributed by atoms with Crippen LogP contribution in [0.2, 0.25) is 5.02 Å². The zero-order valence-electron chi connectivity index (χ0n) is 14.0. The molecule has 0 saturated carbocycles. The van der Waals surface area contributed by atoms with Gasteiger partial charge >= 0.3 is 0 Å². The summed E-state index contributed by atoms with van der Waals surface area (Å²) in [5.74, 6) is 1.09. The summed E-state index contributed by atoms with van der Waals surface area (Å²) in [7, 11) is 0. The Morgan fingerprint density at radius 3 is 2.44 bits per heavy atom. The van der Waals surface area contributed by atoms with Gasteiger partial charge in [0.2, 0.25) is 0 Å². The molecule has 1 aliphatic heterocycles. The lowest BCUT2D eigenvalue weighted by molar-refractivity contribution is 0.100. The second kappa shape index (κ2) is 9.73. The molecule has 0 fully saturated rings. The largest absolute Gasteiger partial charge is 0.322 e. The summed E-state index contributed by atoms with van der Waals surface area (Å²) < 4.78 is 0. The highest BCUT2D eigenvalue weighted by molar-refractivity contribution is 8.93. The Morgan fingerprint density at radius 2 is 1.72 bits per heavy atom. The maximum Gasteiger partial charge on any atom is 0.182 e. The van der Waals surface area contributed by atoms with E-state index in [1.165, 1.54) is 6.42 Å². The molecule has 25 heavy (non-hydrogen) atoms. The summed E-state index contributed by atoms with van der Waals surface area (Å²) in [5.41, 5.74) is 1.69. The second-order valence-corrected chi connectivity index (χ2v) is 6.40. The van der Waals surface area contributed by atoms with Crippen molar-refractivity contribution in [2.45, 2.75) is 25.7 Å². The van der Waals surface area contributed by atoms with Crippen molar-refractivity contribution in [3.8, 4) is 0 Å². The first kappa shape index (κ1) is 19.7. The summed E-state index contributed by atoms with van der Waals surface area (Å²) in [6, 6.07) is 17.1. The lowest BCUT2D eigenvalue weighted by Gasteiger charge is -2.25. The summed E-state index contributed by atoms with van der Waals surface area (Å²) >= 11 is 5.92. The third-order valence-electron chi connectivity index (χ3n) is 4.20. The van der Waals surface area contributed by atoms with Crippen molar-refractivity contribution in [2.75, 3.05) is 18.0 Å². The van der Waals surface area contributed by atoms with E-state index in [0.717, 1.165) is 37.3 Å². The van der Waals surface area contributed by atoms with Crippen LogP contribution in [0, 0.1) is 0 Å². The van der Waals surface area contributed by atoms with Gasteiger partial charge in [0, 0.05) is 29.2 Å². The molecule has 0 radical (unpaired) electrons. The summed E-state index contributed by atoms with van der Waals surface area (Å²) in [6.07, 6.45) is 4.36. The number of para-hydroxylation sites is 1. The number of aliphatic imine (C=N–C) groups is 1. The monoisotopic (exact) mass is 420 g/mol. The average molecular weight is 422 g/mol. The number of halogens is 2. The first-order chi connectivity index (χ1) is 11.7. The third kappa shape index (κ3) is 5.41. The SMILES string of the molecule is Br.O=C(CN(C1=NCCCCC1)c1ccccc1)c1ccc(Cl)cc1. The number of carbonyl (C=O) groups excluding carboxylic acids is 1. The van der Waals surface area contributed by atoms with Gasteiger partial charge in [-0.3, -0.25) is 9.79 Å². The highest BCUT2D eigenvalue weighted by atomic mass is 79.9. The van der Waals surface area contributed by atoms with Gasteiger partial charge in [-0.05, 0) is 49.2 Å². The standard InChI is InChI=1S/C20H21ClN2O.BrH/c21-17-12-10-16(11-13-17)19(24)15-23(18-7-3-1-4-8-18)20-9-5-2-6-14-22-20;/h1,3-4,7-8,10-13H,2,5-6,9,14-15H2;1H. The zero-order valence-corrected chi connectivity index (χ0v) is 16.5. The van der Waals surface area contributed by atoms with Gasteiger partial charge in [-0.2, -0.15) is 0 Å². The fourth-order valence-corrected chi connectivity index (χ4v) is 3.02. The predicted molar refractivity (Wildman–Crippen MR) is 111 cm³/mol. The Morgan fingerprint density at radius 1 is 1.00 bits per heavy atom. The quantitative estimate of drug-likeness (QED) is 0.604. The van der Waals surface area contributed by atoms with E-state index in [9.17, 15) is 4.79 Å². The molecule has 132 valence electrons. The number of benzene rings is 2. The van der Waals surface area contributed by atoms with Crippen LogP contribution in [-0.4, -0.2) is 24.7 Å². The molecular weight excluding hydrogens is 400 g/mol. The molecule has 3 rings (SSSR count). The molecule has 0 amide bonds. The Kier molecular flexibility index (Phi) is 7.66. The number of hydrogen-bond donors (Lipinski definition) is 0. The lowest BCUT2D eigenvalue weighted by Crippen LogP contribution is -2.35. The van der Waals surface area contributed by atoms with Crippen LogP contribution in [0.3, 0.4) is 0 Å². The minimum absolute atomic E-state index is 0. The van der Waals surface area contributed by atoms with Gasteiger partial charge < -0.3 is 4.90 Å². The topological polar surface area (TPSA) is 32.7 Å². The van der Waals surface area contributed by atoms with Crippen LogP contribution in [0.25, 0.3) is 0 Å². The lowest BCUT2D eigenvalue weighted by atomic mass is 10.1. The van der Waals surface area contributed by atoms with Crippen LogP contribution in [0.15, 0.2) is 59.6 Å². The van der Waals surface area contributed by atoms with Crippen LogP contribution in [0.4, 0.5) is 5.69 Å². The number of ketones is 1. The minimum atomic E-state index is 0. The van der Waals surface area contributed by atoms with E-state index in [4.69, 9.17) is 16.6 Å². The normalized spacial score (nSPS) is 14.0. The highest BCUT2D eigenvalue weighted by Gasteiger charge is 2.19. The number of Topliss-reactive ketones (excluding diaryl/α,β-unsaturated/α-hetero) is 1. The van der Waals surface area contributed by atoms with Gasteiger partial charge in [0.15, 0.2) is 5.78 Å². The second-order valence-electron chi connectivity index (χ2n) is 5.96. The van der Waals surface area contributed by atoms with Crippen molar-refractivity contribution in [2.24, 2.45) is 4.99 Å². The summed E-state index contributed by atoms with van der Waals surface area (Å²) in [5, 5.41) is 0.639. The Bertz CT molecular complexity index is 716. The number of amidine groups is 1. The molecule has 0 atom stereocenters. The van der Waals surface area contributed by atoms with Crippen molar-refractivity contribution < 1.29 is 4.79 Å². The van der Waals surface area contributed by atoms with Gasteiger partial charge in [-0.1, -0.05) is 36.2 Å². The van der Waals surface area contributed by atoms with Gasteiger partial charge in [0.1, 0.15) is 5.84 Å². The van der Waals surface area contributed by atoms with Crippen LogP contribution >= 0.6 is 28.6 Å². The zero-order chi connectivity index (χ0) is 16.8. The smallest absolute Gasteiger partial charge is 0.182 e. The fourth-order valence-electron chi connectivity index (χ4n) is 2.89. The van der Waals surface area contributed by atoms with Gasteiger partial charge in [0.25, 0.3) is 0 Å². The maximum atomic E-state index is 12.7. The molecule has 5 heteroatoms. The van der Waals surface area contributed by atoms with Crippen LogP contribution < -0.4 is 4.90 Å². The van der Waals surface area contributed by atoms with Gasteiger partial charge in [-0.25, -0.2) is 0 Å². The average Bonchev–Trinajstić information content (AvgIpc) is 2.90. The van der Waals surface area contributed by atoms with Crippen molar-refractivity contribution >= 4 is 45.9 Å². The van der Waals surface area contributed by atoms with Crippen molar-refractivity contribution in [1.29, 1.82) is 0 Å². The Balaban J connectivity index is 0.00000225. The van der Waals surface area contributed by atoms with Crippen LogP contribution in [0.1, 0.15) is 36.0 Å². The predicted octanol–water partition coefficient (Wildman–Crippen LogP) is 5.58. The molecular formula is C20H22BrClN2O. The molecule has 0 aliphatic carbocycles. The van der Waals surface area contributed by atoms with Crippen LogP contribution in [0.5, 0.6) is 0 Å². The van der Waals surface area contributed by atoms with Crippen molar-refractivity contribution in [3.63, 3.8) is 0 Å². The maximum absolute atomic E-state index is 12.7. The summed E-state index contributed by atoms with van der Waals surface area (Å²) in [6.45, 7) is 1.14. The van der Waals surface area contributed by atoms with E-state index < -0.39 is 0 Å². The Hall–Kier alpha value is -1.65. The molecule has 0 bridgehead atoms. The molecule has 0 spiro atoms. The van der Waals surface area contributed by atoms with E-state index in [0.29, 0.717) is 17.1 Å². The Labute approximate surface area is 164 Å². The third-order valence-corrected chi connectivity index (χ3v) is 4.45. The number of nitrogens with zero attached hydrogens (tertiary/aromatic N) is 2. The number of anilines is 1. The van der Waals surface area contributed by atoms with Gasteiger partial charge in [0.05, 0.1) is 6.54 Å². The summed E-state index contributed by atoms with van der Waals surface area (Å²) in [4.78, 5) is 19.5. The van der Waals surface area contributed by atoms with E-state index in [2.05, 4.69) is 4.90 Å². The fraction of sp³-hybridized carbons (Fsp3) is 0.300. The van der Waals surface area contributed by atoms with E-state index in [1.54, 1.807) is 24.3 Å². The highest BCUT2D eigenvalue weighted by Crippen LogP contribution is 2.20. The number of rotatable bonds is 4. The molecule has 0 saturated heterocycles. The molecule has 1 aliphatic rings. The number of hydrogen-bond acceptors (Lipinski definition) is 3. The molecule has 1 heterocycles. The first-order valence-electron chi connectivity index (χ1n) is 8.39. The van der Waals surface area contributed by atoms with Crippen LogP contribution in [-0.2, 0) is 0 Å². The molecule has 3 nitrogen and oxygen atoms in total. The number of carbonyl (C=O) groups is 1. The van der Waals surface area contributed by atoms with E-state index in [-0.39, 0.29) is 22.8 Å².